The van der Waals surface area contributed by atoms with Gasteiger partial charge < -0.3 is 15.2 Å². The summed E-state index contributed by atoms with van der Waals surface area (Å²) in [7, 11) is 0. The summed E-state index contributed by atoms with van der Waals surface area (Å²) in [6.07, 6.45) is 1.45. The molecule has 78 valence electrons. The molecule has 5 heteroatoms. The second kappa shape index (κ2) is 5.39. The molecule has 0 bridgehead atoms. The normalized spacial score (nSPS) is 10.5. The number of hydrogen-bond acceptors (Lipinski definition) is 4. The highest BCUT2D eigenvalue weighted by Gasteiger charge is 2.07. The molecule has 0 aromatic carbocycles. The molecule has 0 unspecified atom stereocenters. The zero-order chi connectivity index (χ0) is 10.4. The van der Waals surface area contributed by atoms with Crippen molar-refractivity contribution in [3.63, 3.8) is 0 Å². The predicted molar refractivity (Wildman–Crippen MR) is 52.0 cm³/mol. The molecule has 0 aliphatic carbocycles. The van der Waals surface area contributed by atoms with Gasteiger partial charge in [0.1, 0.15) is 0 Å². The van der Waals surface area contributed by atoms with Gasteiger partial charge in [-0.1, -0.05) is 19.0 Å². The summed E-state index contributed by atoms with van der Waals surface area (Å²) < 4.78 is 4.69. The van der Waals surface area contributed by atoms with Gasteiger partial charge in [0.25, 0.3) is 5.91 Å². The lowest BCUT2D eigenvalue weighted by atomic mass is 10.4. The Bertz CT molecular complexity index is 270. The summed E-state index contributed by atoms with van der Waals surface area (Å²) in [5.41, 5.74) is 0. The Morgan fingerprint density at radius 2 is 2.36 bits per heavy atom. The summed E-state index contributed by atoms with van der Waals surface area (Å²) >= 11 is 0. The molecule has 14 heavy (non-hydrogen) atoms. The average molecular weight is 197 g/mol. The van der Waals surface area contributed by atoms with E-state index in [4.69, 9.17) is 4.52 Å². The van der Waals surface area contributed by atoms with E-state index >= 15 is 0 Å². The average Bonchev–Trinajstić information content (AvgIpc) is 2.64. The van der Waals surface area contributed by atoms with Gasteiger partial charge in [0, 0.05) is 25.2 Å². The Kier molecular flexibility index (Phi) is 4.12. The van der Waals surface area contributed by atoms with Crippen LogP contribution >= 0.6 is 0 Å². The zero-order valence-electron chi connectivity index (χ0n) is 8.41. The fraction of sp³-hybridized carbons (Fsp3) is 0.556. The van der Waals surface area contributed by atoms with Gasteiger partial charge in [0.2, 0.25) is 5.76 Å². The van der Waals surface area contributed by atoms with Gasteiger partial charge in [-0.15, -0.1) is 0 Å². The third kappa shape index (κ3) is 3.57. The van der Waals surface area contributed by atoms with Crippen molar-refractivity contribution >= 4 is 5.91 Å². The first-order chi connectivity index (χ1) is 6.70. The Hall–Kier alpha value is -1.36. The first-order valence-corrected chi connectivity index (χ1v) is 4.62. The smallest absolute Gasteiger partial charge is 0.289 e. The Morgan fingerprint density at radius 1 is 1.57 bits per heavy atom. The largest absolute Gasteiger partial charge is 0.351 e. The number of hydrogen-bond donors (Lipinski definition) is 2. The van der Waals surface area contributed by atoms with E-state index < -0.39 is 0 Å². The molecule has 0 spiro atoms. The van der Waals surface area contributed by atoms with Crippen molar-refractivity contribution in [1.82, 2.24) is 15.8 Å². The van der Waals surface area contributed by atoms with E-state index in [1.165, 1.54) is 12.3 Å². The lowest BCUT2D eigenvalue weighted by Gasteiger charge is -2.07. The van der Waals surface area contributed by atoms with Crippen LogP contribution in [0, 0.1) is 0 Å². The van der Waals surface area contributed by atoms with Crippen molar-refractivity contribution in [2.45, 2.75) is 19.9 Å². The van der Waals surface area contributed by atoms with Gasteiger partial charge in [-0.25, -0.2) is 0 Å². The number of amides is 1. The number of rotatable bonds is 5. The molecular weight excluding hydrogens is 182 g/mol. The molecule has 0 aliphatic rings. The Balaban J connectivity index is 2.16. The van der Waals surface area contributed by atoms with Crippen LogP contribution in [0.4, 0.5) is 0 Å². The molecule has 0 aliphatic heterocycles. The zero-order valence-corrected chi connectivity index (χ0v) is 8.41. The summed E-state index contributed by atoms with van der Waals surface area (Å²) in [5.74, 6) is 0.0163. The third-order valence-corrected chi connectivity index (χ3v) is 1.62. The quantitative estimate of drug-likeness (QED) is 0.671. The van der Waals surface area contributed by atoms with Gasteiger partial charge in [-0.05, 0) is 0 Å². The maximum Gasteiger partial charge on any atom is 0.289 e. The predicted octanol–water partition coefficient (Wildman–Crippen LogP) is 0.402. The highest BCUT2D eigenvalue weighted by molar-refractivity contribution is 5.91. The van der Waals surface area contributed by atoms with Crippen LogP contribution in [0.5, 0.6) is 0 Å². The molecule has 0 atom stereocenters. The van der Waals surface area contributed by atoms with Crippen LogP contribution in [0.15, 0.2) is 16.8 Å². The van der Waals surface area contributed by atoms with Gasteiger partial charge in [-0.3, -0.25) is 4.79 Å². The first kappa shape index (κ1) is 10.7. The Morgan fingerprint density at radius 3 is 2.93 bits per heavy atom. The molecule has 1 aromatic rings. The minimum Gasteiger partial charge on any atom is -0.351 e. The van der Waals surface area contributed by atoms with Gasteiger partial charge in [0.15, 0.2) is 0 Å². The number of aromatic nitrogens is 1. The van der Waals surface area contributed by atoms with Crippen LogP contribution in [0.25, 0.3) is 0 Å². The van der Waals surface area contributed by atoms with Crippen molar-refractivity contribution in [2.24, 2.45) is 0 Å². The molecule has 1 heterocycles. The summed E-state index contributed by atoms with van der Waals surface area (Å²) in [6, 6.07) is 1.96. The molecule has 0 fully saturated rings. The molecule has 2 N–H and O–H groups in total. The van der Waals surface area contributed by atoms with Gasteiger partial charge in [-0.2, -0.15) is 0 Å². The van der Waals surface area contributed by atoms with E-state index in [1.807, 2.05) is 0 Å². The lowest BCUT2D eigenvalue weighted by molar-refractivity contribution is 0.0917. The van der Waals surface area contributed by atoms with Crippen molar-refractivity contribution < 1.29 is 9.32 Å². The maximum atomic E-state index is 11.3. The van der Waals surface area contributed by atoms with Crippen molar-refractivity contribution in [3.8, 4) is 0 Å². The molecule has 5 nitrogen and oxygen atoms in total. The van der Waals surface area contributed by atoms with E-state index in [9.17, 15) is 4.79 Å². The van der Waals surface area contributed by atoms with Crippen LogP contribution in [0.1, 0.15) is 24.4 Å². The fourth-order valence-corrected chi connectivity index (χ4v) is 0.957. The van der Waals surface area contributed by atoms with Crippen molar-refractivity contribution in [3.05, 3.63) is 18.0 Å². The summed E-state index contributed by atoms with van der Waals surface area (Å²) in [6.45, 7) is 5.44. The van der Waals surface area contributed by atoms with Crippen LogP contribution < -0.4 is 10.6 Å². The molecule has 0 radical (unpaired) electrons. The van der Waals surface area contributed by atoms with Gasteiger partial charge in [0.05, 0.1) is 6.20 Å². The van der Waals surface area contributed by atoms with E-state index in [0.717, 1.165) is 6.54 Å². The van der Waals surface area contributed by atoms with Crippen molar-refractivity contribution in [1.29, 1.82) is 0 Å². The van der Waals surface area contributed by atoms with E-state index in [2.05, 4.69) is 29.6 Å². The first-order valence-electron chi connectivity index (χ1n) is 4.62. The molecule has 1 rings (SSSR count). The SMILES string of the molecule is CC(C)NCCNC(=O)c1ccno1. The second-order valence-electron chi connectivity index (χ2n) is 3.24. The van der Waals surface area contributed by atoms with E-state index in [-0.39, 0.29) is 11.7 Å². The number of nitrogens with zero attached hydrogens (tertiary/aromatic N) is 1. The molecule has 0 saturated heterocycles. The highest BCUT2D eigenvalue weighted by Crippen LogP contribution is 1.94. The lowest BCUT2D eigenvalue weighted by Crippen LogP contribution is -2.34. The standard InChI is InChI=1S/C9H15N3O2/c1-7(2)10-5-6-11-9(13)8-3-4-12-14-8/h3-4,7,10H,5-6H2,1-2H3,(H,11,13). The highest BCUT2D eigenvalue weighted by atomic mass is 16.5. The second-order valence-corrected chi connectivity index (χ2v) is 3.24. The molecule has 1 amide bonds. The number of nitrogens with one attached hydrogen (secondary N) is 2. The van der Waals surface area contributed by atoms with Crippen molar-refractivity contribution in [2.75, 3.05) is 13.1 Å². The monoisotopic (exact) mass is 197 g/mol. The van der Waals surface area contributed by atoms with E-state index in [0.29, 0.717) is 12.6 Å². The topological polar surface area (TPSA) is 67.2 Å². The maximum absolute atomic E-state index is 11.3. The number of carbonyl (C=O) groups is 1. The van der Waals surface area contributed by atoms with E-state index in [1.54, 1.807) is 0 Å². The molecular formula is C9H15N3O2. The summed E-state index contributed by atoms with van der Waals surface area (Å²) in [5, 5.41) is 9.34. The van der Waals surface area contributed by atoms with Gasteiger partial charge >= 0.3 is 0 Å². The summed E-state index contributed by atoms with van der Waals surface area (Å²) in [4.78, 5) is 11.3. The minimum atomic E-state index is -0.229. The van der Waals surface area contributed by atoms with Crippen LogP contribution in [-0.4, -0.2) is 30.2 Å². The Labute approximate surface area is 82.8 Å². The minimum absolute atomic E-state index is 0.229. The molecule has 0 saturated carbocycles. The fourth-order valence-electron chi connectivity index (χ4n) is 0.957. The third-order valence-electron chi connectivity index (χ3n) is 1.62. The molecule has 1 aromatic heterocycles. The van der Waals surface area contributed by atoms with Crippen LogP contribution in [0.2, 0.25) is 0 Å². The van der Waals surface area contributed by atoms with Crippen LogP contribution in [-0.2, 0) is 0 Å². The number of carbonyl (C=O) groups excluding carboxylic acids is 1. The van der Waals surface area contributed by atoms with Crippen LogP contribution in [0.3, 0.4) is 0 Å².